The van der Waals surface area contributed by atoms with Crippen molar-refractivity contribution in [3.8, 4) is 12.1 Å². The molecule has 3 heterocycles. The molecule has 2 unspecified atom stereocenters. The maximum absolute atomic E-state index is 10.5. The van der Waals surface area contributed by atoms with Crippen LogP contribution in [0.25, 0.3) is 21.9 Å². The summed E-state index contributed by atoms with van der Waals surface area (Å²) in [5.41, 5.74) is 2.74. The molecule has 0 radical (unpaired) electrons. The molecule has 158 valence electrons. The number of Topliss-reactive ketones (excluding diaryl/α,β-unsaturated/α-hetero) is 1. The van der Waals surface area contributed by atoms with Crippen molar-refractivity contribution in [1.29, 1.82) is 10.5 Å². The van der Waals surface area contributed by atoms with Gasteiger partial charge in [-0.15, -0.1) is 0 Å². The van der Waals surface area contributed by atoms with Crippen LogP contribution < -0.4 is 0 Å². The second-order valence-electron chi connectivity index (χ2n) is 8.02. The molecule has 0 aliphatic heterocycles. The minimum absolute atomic E-state index is 0.00894. The van der Waals surface area contributed by atoms with Crippen LogP contribution in [0.2, 0.25) is 0 Å². The van der Waals surface area contributed by atoms with Crippen molar-refractivity contribution < 1.29 is 4.79 Å². The van der Waals surface area contributed by atoms with Crippen molar-refractivity contribution in [2.45, 2.75) is 66.3 Å². The van der Waals surface area contributed by atoms with Crippen LogP contribution >= 0.6 is 0 Å². The molecule has 0 aromatic carbocycles. The van der Waals surface area contributed by atoms with Gasteiger partial charge in [0.2, 0.25) is 0 Å². The number of pyridine rings is 1. The number of carbonyl (C=O) groups excluding carboxylic acids is 1. The van der Waals surface area contributed by atoms with Crippen LogP contribution in [-0.2, 0) is 4.79 Å². The fourth-order valence-corrected chi connectivity index (χ4v) is 3.90. The summed E-state index contributed by atoms with van der Waals surface area (Å²) in [6, 6.07) is 6.59. The molecule has 0 saturated carbocycles. The van der Waals surface area contributed by atoms with Gasteiger partial charge in [0.25, 0.3) is 0 Å². The second kappa shape index (κ2) is 10.6. The Bertz CT molecular complexity index is 1080. The molecule has 0 aliphatic carbocycles. The Balaban J connectivity index is 0.000000343. The number of nitriles is 2. The molecule has 2 atom stereocenters. The lowest BCUT2D eigenvalue weighted by Crippen LogP contribution is -2.16. The number of hydrogen-bond acceptors (Lipinski definition) is 4. The molecule has 6 heteroatoms. The third kappa shape index (κ3) is 4.89. The van der Waals surface area contributed by atoms with Crippen LogP contribution in [0.3, 0.4) is 0 Å². The second-order valence-corrected chi connectivity index (χ2v) is 8.02. The van der Waals surface area contributed by atoms with Gasteiger partial charge in [-0.2, -0.15) is 10.5 Å². The number of nitrogens with one attached hydrogen (secondary N) is 1. The molecule has 3 aromatic rings. The van der Waals surface area contributed by atoms with Crippen LogP contribution in [0.15, 0.2) is 24.7 Å². The van der Waals surface area contributed by atoms with Crippen molar-refractivity contribution in [1.82, 2.24) is 14.5 Å². The highest BCUT2D eigenvalue weighted by Gasteiger charge is 2.22. The quantitative estimate of drug-likeness (QED) is 0.529. The van der Waals surface area contributed by atoms with Gasteiger partial charge in [0.15, 0.2) is 0 Å². The molecular formula is C24H31N5O. The third-order valence-electron chi connectivity index (χ3n) is 5.57. The van der Waals surface area contributed by atoms with E-state index in [0.717, 1.165) is 28.4 Å². The average molecular weight is 406 g/mol. The van der Waals surface area contributed by atoms with Crippen LogP contribution in [0, 0.1) is 34.5 Å². The van der Waals surface area contributed by atoms with Gasteiger partial charge in [-0.3, -0.25) is 4.79 Å². The summed E-state index contributed by atoms with van der Waals surface area (Å²) in [6.45, 7) is 10.3. The summed E-state index contributed by atoms with van der Waals surface area (Å²) < 4.78 is 2.31. The minimum Gasteiger partial charge on any atom is -0.346 e. The van der Waals surface area contributed by atoms with Crippen LogP contribution in [0.4, 0.5) is 0 Å². The van der Waals surface area contributed by atoms with Crippen molar-refractivity contribution in [2.75, 3.05) is 0 Å². The van der Waals surface area contributed by atoms with E-state index >= 15 is 0 Å². The lowest BCUT2D eigenvalue weighted by atomic mass is 9.94. The highest BCUT2D eigenvalue weighted by atomic mass is 16.1. The van der Waals surface area contributed by atoms with Gasteiger partial charge in [-0.25, -0.2) is 4.98 Å². The monoisotopic (exact) mass is 405 g/mol. The Morgan fingerprint density at radius 1 is 1.23 bits per heavy atom. The maximum atomic E-state index is 10.5. The third-order valence-corrected chi connectivity index (χ3v) is 5.57. The lowest BCUT2D eigenvalue weighted by molar-refractivity contribution is -0.120. The number of aromatic nitrogens is 3. The molecule has 3 rings (SSSR count). The number of aromatic amines is 1. The van der Waals surface area contributed by atoms with Gasteiger partial charge >= 0.3 is 0 Å². The Hall–Kier alpha value is -3.12. The zero-order valence-corrected chi connectivity index (χ0v) is 18.6. The molecule has 0 bridgehead atoms. The number of ketones is 1. The smallest absolute Gasteiger partial charge is 0.149 e. The van der Waals surface area contributed by atoms with E-state index in [1.54, 1.807) is 19.9 Å². The molecule has 0 spiro atoms. The van der Waals surface area contributed by atoms with E-state index in [4.69, 9.17) is 5.26 Å². The average Bonchev–Trinajstić information content (AvgIpc) is 3.33. The van der Waals surface area contributed by atoms with Crippen LogP contribution in [-0.4, -0.2) is 20.3 Å². The Morgan fingerprint density at radius 2 is 1.97 bits per heavy atom. The molecule has 0 amide bonds. The summed E-state index contributed by atoms with van der Waals surface area (Å²) in [5, 5.41) is 19.5. The normalized spacial score (nSPS) is 12.8. The Kier molecular flexibility index (Phi) is 8.18. The number of nitrogens with zero attached hydrogens (tertiary/aromatic N) is 4. The molecule has 0 fully saturated rings. The van der Waals surface area contributed by atoms with Gasteiger partial charge in [0.1, 0.15) is 17.5 Å². The van der Waals surface area contributed by atoms with Crippen molar-refractivity contribution >= 4 is 27.7 Å². The molecular weight excluding hydrogens is 374 g/mol. The summed E-state index contributed by atoms with van der Waals surface area (Å²) in [6.07, 6.45) is 9.24. The van der Waals surface area contributed by atoms with Gasteiger partial charge < -0.3 is 9.55 Å². The largest absolute Gasteiger partial charge is 0.346 e. The van der Waals surface area contributed by atoms with Gasteiger partial charge in [-0.05, 0) is 24.8 Å². The first-order chi connectivity index (χ1) is 14.4. The fraction of sp³-hybridized carbons (Fsp3) is 0.500. The number of rotatable bonds is 7. The summed E-state index contributed by atoms with van der Waals surface area (Å²) in [7, 11) is 0. The number of fused-ring (bicyclic) bond motifs is 3. The standard InChI is InChI=1S/C18H22N4.C6H9NO/c1-4-6-12(3)16(5-2)22-11-13(9-19)15-10-21-18-14(17(15)22)7-8-20-18;1-5(2)6(8)3-4-7/h7-8,10-12,16H,4-6H2,1-3H3,(H,20,21);5H,3H2,1-2H3. The summed E-state index contributed by atoms with van der Waals surface area (Å²) in [4.78, 5) is 18.1. The predicted octanol–water partition coefficient (Wildman–Crippen LogP) is 5.90. The van der Waals surface area contributed by atoms with E-state index in [2.05, 4.69) is 47.4 Å². The van der Waals surface area contributed by atoms with Crippen molar-refractivity contribution in [3.05, 3.63) is 30.2 Å². The molecule has 0 aliphatic rings. The summed E-state index contributed by atoms with van der Waals surface area (Å²) in [5.74, 6) is 0.612. The topological polar surface area (TPSA) is 98.3 Å². The SMILES string of the molecule is CC(C)C(=O)CC#N.CCCC(C)C(CC)n1cc(C#N)c2cnc3[nH]ccc3c21. The zero-order chi connectivity index (χ0) is 22.3. The number of hydrogen-bond donors (Lipinski definition) is 1. The molecule has 6 nitrogen and oxygen atoms in total. The Morgan fingerprint density at radius 3 is 2.50 bits per heavy atom. The molecule has 0 saturated heterocycles. The van der Waals surface area contributed by atoms with Gasteiger partial charge in [0, 0.05) is 41.3 Å². The number of carbonyl (C=O) groups is 1. The van der Waals surface area contributed by atoms with E-state index in [9.17, 15) is 10.1 Å². The Labute approximate surface area is 178 Å². The first-order valence-corrected chi connectivity index (χ1v) is 10.7. The van der Waals surface area contributed by atoms with E-state index in [1.807, 2.05) is 18.6 Å². The zero-order valence-electron chi connectivity index (χ0n) is 18.6. The fourth-order valence-electron chi connectivity index (χ4n) is 3.90. The van der Waals surface area contributed by atoms with Crippen molar-refractivity contribution in [2.24, 2.45) is 11.8 Å². The van der Waals surface area contributed by atoms with Crippen molar-refractivity contribution in [3.63, 3.8) is 0 Å². The minimum atomic E-state index is 0.00894. The highest BCUT2D eigenvalue weighted by molar-refractivity contribution is 6.05. The highest BCUT2D eigenvalue weighted by Crippen LogP contribution is 2.34. The summed E-state index contributed by atoms with van der Waals surface area (Å²) >= 11 is 0. The first kappa shape index (κ1) is 23.2. The number of H-pyrrole nitrogens is 1. The van der Waals surface area contributed by atoms with Gasteiger partial charge in [-0.1, -0.05) is 41.0 Å². The van der Waals surface area contributed by atoms with E-state index in [-0.39, 0.29) is 18.1 Å². The predicted molar refractivity (Wildman–Crippen MR) is 120 cm³/mol. The van der Waals surface area contributed by atoms with E-state index in [1.165, 1.54) is 12.8 Å². The molecule has 30 heavy (non-hydrogen) atoms. The first-order valence-electron chi connectivity index (χ1n) is 10.7. The van der Waals surface area contributed by atoms with E-state index in [0.29, 0.717) is 17.5 Å². The van der Waals surface area contributed by atoms with Crippen LogP contribution in [0.1, 0.15) is 71.9 Å². The molecule has 1 N–H and O–H groups in total. The maximum Gasteiger partial charge on any atom is 0.149 e. The van der Waals surface area contributed by atoms with E-state index < -0.39 is 0 Å². The van der Waals surface area contributed by atoms with Gasteiger partial charge in [0.05, 0.1) is 23.6 Å². The lowest BCUT2D eigenvalue weighted by Gasteiger charge is -2.25. The molecule has 3 aromatic heterocycles. The van der Waals surface area contributed by atoms with Crippen LogP contribution in [0.5, 0.6) is 0 Å².